The van der Waals surface area contributed by atoms with Gasteiger partial charge in [-0.2, -0.15) is 0 Å². The smallest absolute Gasteiger partial charge is 0.338 e. The van der Waals surface area contributed by atoms with Gasteiger partial charge in [-0.05, 0) is 43.3 Å². The van der Waals surface area contributed by atoms with Crippen molar-refractivity contribution < 1.29 is 14.6 Å². The molecule has 26 heavy (non-hydrogen) atoms. The average Bonchev–Trinajstić information content (AvgIpc) is 3.45. The first-order valence-electron chi connectivity index (χ1n) is 8.07. The minimum Gasteiger partial charge on any atom is -0.507 e. The number of carbonyl (C=O) groups is 1. The number of nitrogens with one attached hydrogen (secondary N) is 1. The van der Waals surface area contributed by atoms with Crippen molar-refractivity contribution in [1.29, 1.82) is 0 Å². The number of ether oxygens (including phenoxy) is 1. The molecule has 4 rings (SSSR count). The molecule has 132 valence electrons. The van der Waals surface area contributed by atoms with E-state index in [1.807, 2.05) is 0 Å². The summed E-state index contributed by atoms with van der Waals surface area (Å²) in [6, 6.07) is 8.26. The van der Waals surface area contributed by atoms with Gasteiger partial charge in [0.1, 0.15) is 11.4 Å². The van der Waals surface area contributed by atoms with Crippen LogP contribution in [0.2, 0.25) is 0 Å². The maximum absolute atomic E-state index is 12.5. The highest BCUT2D eigenvalue weighted by Gasteiger charge is 2.29. The summed E-state index contributed by atoms with van der Waals surface area (Å²) >= 11 is 5.31. The molecule has 0 bridgehead atoms. The van der Waals surface area contributed by atoms with Crippen molar-refractivity contribution in [2.24, 2.45) is 0 Å². The minimum absolute atomic E-state index is 0.0246. The number of aromatic amines is 1. The maximum atomic E-state index is 12.5. The molecule has 2 heterocycles. The number of nitrogens with zero attached hydrogens (tertiary/aromatic N) is 2. The van der Waals surface area contributed by atoms with Crippen LogP contribution in [0.3, 0.4) is 0 Å². The molecule has 1 saturated carbocycles. The Balaban J connectivity index is 2.15. The van der Waals surface area contributed by atoms with E-state index in [-0.39, 0.29) is 27.5 Å². The molecule has 1 fully saturated rings. The van der Waals surface area contributed by atoms with Crippen molar-refractivity contribution in [2.45, 2.75) is 18.9 Å². The third-order valence-electron chi connectivity index (χ3n) is 4.39. The predicted molar refractivity (Wildman–Crippen MR) is 97.9 cm³/mol. The van der Waals surface area contributed by atoms with Gasteiger partial charge in [-0.15, -0.1) is 0 Å². The fourth-order valence-electron chi connectivity index (χ4n) is 3.02. The molecule has 0 spiro atoms. The van der Waals surface area contributed by atoms with Crippen molar-refractivity contribution in [2.75, 3.05) is 7.11 Å². The molecule has 1 aliphatic carbocycles. The lowest BCUT2D eigenvalue weighted by atomic mass is 10.1. The SMILES string of the molecule is COC(=O)c1cc(-c2ccccc2O)nc2c1c(=O)[nH]c(=S)n2C1CC1. The normalized spacial score (nSPS) is 13.7. The van der Waals surface area contributed by atoms with E-state index in [2.05, 4.69) is 9.97 Å². The van der Waals surface area contributed by atoms with Crippen LogP contribution in [0.4, 0.5) is 0 Å². The largest absolute Gasteiger partial charge is 0.507 e. The van der Waals surface area contributed by atoms with Gasteiger partial charge in [0, 0.05) is 11.6 Å². The van der Waals surface area contributed by atoms with E-state index in [4.69, 9.17) is 17.0 Å². The first kappa shape index (κ1) is 16.5. The lowest BCUT2D eigenvalue weighted by molar-refractivity contribution is 0.0603. The van der Waals surface area contributed by atoms with E-state index in [0.717, 1.165) is 12.8 Å². The van der Waals surface area contributed by atoms with Gasteiger partial charge < -0.3 is 9.84 Å². The Bertz CT molecular complexity index is 1160. The Labute approximate surface area is 152 Å². The zero-order chi connectivity index (χ0) is 18.4. The van der Waals surface area contributed by atoms with Crippen LogP contribution in [-0.4, -0.2) is 32.7 Å². The Morgan fingerprint density at radius 1 is 1.38 bits per heavy atom. The summed E-state index contributed by atoms with van der Waals surface area (Å²) in [6.07, 6.45) is 1.84. The van der Waals surface area contributed by atoms with E-state index in [0.29, 0.717) is 16.9 Å². The molecule has 0 saturated heterocycles. The standard InChI is InChI=1S/C18H15N3O4S/c1-25-17(24)11-8-12(10-4-2-3-5-13(10)22)19-15-14(11)16(23)20-18(26)21(15)9-6-7-9/h2-5,8-9,22H,6-7H2,1H3,(H,20,23,26). The van der Waals surface area contributed by atoms with E-state index >= 15 is 0 Å². The third kappa shape index (κ3) is 2.59. The second-order valence-corrected chi connectivity index (χ2v) is 6.51. The fourth-order valence-corrected chi connectivity index (χ4v) is 3.34. The molecule has 0 atom stereocenters. The molecule has 0 aliphatic heterocycles. The number of H-pyrrole nitrogens is 1. The summed E-state index contributed by atoms with van der Waals surface area (Å²) in [5.41, 5.74) is 0.737. The number of hydrogen-bond acceptors (Lipinski definition) is 6. The van der Waals surface area contributed by atoms with E-state index in [9.17, 15) is 14.7 Å². The van der Waals surface area contributed by atoms with E-state index < -0.39 is 11.5 Å². The number of carbonyl (C=O) groups excluding carboxylic acids is 1. The van der Waals surface area contributed by atoms with Crippen molar-refractivity contribution in [1.82, 2.24) is 14.5 Å². The summed E-state index contributed by atoms with van der Waals surface area (Å²) in [6.45, 7) is 0. The molecular weight excluding hydrogens is 354 g/mol. The summed E-state index contributed by atoms with van der Waals surface area (Å²) in [7, 11) is 1.25. The highest BCUT2D eigenvalue weighted by molar-refractivity contribution is 7.71. The zero-order valence-corrected chi connectivity index (χ0v) is 14.7. The Kier molecular flexibility index (Phi) is 3.84. The van der Waals surface area contributed by atoms with Crippen LogP contribution in [0.1, 0.15) is 29.2 Å². The van der Waals surface area contributed by atoms with Gasteiger partial charge in [0.25, 0.3) is 5.56 Å². The van der Waals surface area contributed by atoms with E-state index in [1.165, 1.54) is 19.2 Å². The topological polar surface area (TPSA) is 97.2 Å². The first-order chi connectivity index (χ1) is 12.5. The van der Waals surface area contributed by atoms with Gasteiger partial charge in [0.15, 0.2) is 4.77 Å². The first-order valence-corrected chi connectivity index (χ1v) is 8.48. The van der Waals surface area contributed by atoms with Gasteiger partial charge in [-0.1, -0.05) is 12.1 Å². The van der Waals surface area contributed by atoms with Crippen LogP contribution < -0.4 is 5.56 Å². The van der Waals surface area contributed by atoms with Gasteiger partial charge >= 0.3 is 5.97 Å². The molecule has 8 heteroatoms. The van der Waals surface area contributed by atoms with Crippen molar-refractivity contribution in [3.05, 3.63) is 51.0 Å². The third-order valence-corrected chi connectivity index (χ3v) is 4.69. The lowest BCUT2D eigenvalue weighted by Crippen LogP contribution is -2.19. The number of methoxy groups -OCH3 is 1. The number of esters is 1. The molecule has 2 N–H and O–H groups in total. The summed E-state index contributed by atoms with van der Waals surface area (Å²) < 4.78 is 6.88. The number of aromatic hydroxyl groups is 1. The maximum Gasteiger partial charge on any atom is 0.338 e. The van der Waals surface area contributed by atoms with Crippen LogP contribution in [-0.2, 0) is 4.74 Å². The highest BCUT2D eigenvalue weighted by atomic mass is 32.1. The fraction of sp³-hybridized carbons (Fsp3) is 0.222. The number of fused-ring (bicyclic) bond motifs is 1. The zero-order valence-electron chi connectivity index (χ0n) is 13.9. The average molecular weight is 369 g/mol. The van der Waals surface area contributed by atoms with Crippen LogP contribution >= 0.6 is 12.2 Å². The van der Waals surface area contributed by atoms with Crippen LogP contribution in [0.15, 0.2) is 35.1 Å². The summed E-state index contributed by atoms with van der Waals surface area (Å²) in [5, 5.41) is 10.3. The number of pyridine rings is 1. The molecule has 0 unspecified atom stereocenters. The molecule has 2 aromatic heterocycles. The number of rotatable bonds is 3. The number of para-hydroxylation sites is 1. The Morgan fingerprint density at radius 3 is 2.77 bits per heavy atom. The number of phenolic OH excluding ortho intramolecular Hbond substituents is 1. The molecule has 0 radical (unpaired) electrons. The number of aromatic nitrogens is 3. The molecule has 1 aliphatic rings. The molecule has 1 aromatic carbocycles. The molecule has 7 nitrogen and oxygen atoms in total. The quantitative estimate of drug-likeness (QED) is 0.544. The number of benzene rings is 1. The van der Waals surface area contributed by atoms with Crippen LogP contribution in [0, 0.1) is 4.77 Å². The lowest BCUT2D eigenvalue weighted by Gasteiger charge is -2.13. The monoisotopic (exact) mass is 369 g/mol. The molecule has 3 aromatic rings. The van der Waals surface area contributed by atoms with Gasteiger partial charge in [0.2, 0.25) is 0 Å². The van der Waals surface area contributed by atoms with Gasteiger partial charge in [-0.3, -0.25) is 14.3 Å². The number of hydrogen-bond donors (Lipinski definition) is 2. The molecule has 0 amide bonds. The molecular formula is C18H15N3O4S. The van der Waals surface area contributed by atoms with Crippen LogP contribution in [0.25, 0.3) is 22.3 Å². The van der Waals surface area contributed by atoms with Crippen molar-refractivity contribution in [3.8, 4) is 17.0 Å². The number of phenols is 1. The second-order valence-electron chi connectivity index (χ2n) is 6.12. The summed E-state index contributed by atoms with van der Waals surface area (Å²) in [4.78, 5) is 32.0. The Morgan fingerprint density at radius 2 is 2.12 bits per heavy atom. The van der Waals surface area contributed by atoms with Gasteiger partial charge in [0.05, 0.1) is 23.8 Å². The van der Waals surface area contributed by atoms with Crippen molar-refractivity contribution in [3.63, 3.8) is 0 Å². The van der Waals surface area contributed by atoms with Crippen molar-refractivity contribution >= 4 is 29.2 Å². The second kappa shape index (κ2) is 6.06. The highest BCUT2D eigenvalue weighted by Crippen LogP contribution is 2.38. The Hall–Kier alpha value is -3.00. The predicted octanol–water partition coefficient (Wildman–Crippen LogP) is 2.95. The van der Waals surface area contributed by atoms with Gasteiger partial charge in [-0.25, -0.2) is 9.78 Å². The summed E-state index contributed by atoms with van der Waals surface area (Å²) in [5.74, 6) is -0.629. The minimum atomic E-state index is -0.654. The van der Waals surface area contributed by atoms with Crippen LogP contribution in [0.5, 0.6) is 5.75 Å². The van der Waals surface area contributed by atoms with E-state index in [1.54, 1.807) is 22.8 Å².